The molecule has 5 atom stereocenters. The fourth-order valence-corrected chi connectivity index (χ4v) is 10.5. The van der Waals surface area contributed by atoms with Gasteiger partial charge in [-0.25, -0.2) is 15.0 Å². The molecule has 1 aromatic heterocycles. The van der Waals surface area contributed by atoms with E-state index in [1.807, 2.05) is 30.3 Å². The standard InChI is InChI=1S/C52H44N4/c1-33-26-35-28-36(27-33)31-52(2,30-35)43-23-21-42(22-24-43)51-55-49(40-8-4-3-5-9-40)54-50(56-51)41-19-15-38(16-20-41)37-13-17-39(18-14-37)48-45-11-7-6-10-44(45)47-29-34(32-53)12-25-46(47)48/h3-25,29,33,35-36,48H,26-28,30-31H2,1-2H3/t33?,35-,36+,48?,52?. The maximum absolute atomic E-state index is 9.56. The number of nitrogens with zero attached hydrogens (tertiary/aromatic N) is 4. The van der Waals surface area contributed by atoms with Crippen molar-refractivity contribution in [3.8, 4) is 62.5 Å². The van der Waals surface area contributed by atoms with E-state index in [0.717, 1.165) is 51.1 Å². The van der Waals surface area contributed by atoms with Crippen molar-refractivity contribution in [3.05, 3.63) is 173 Å². The van der Waals surface area contributed by atoms with E-state index < -0.39 is 0 Å². The first kappa shape index (κ1) is 34.3. The largest absolute Gasteiger partial charge is 0.208 e. The van der Waals surface area contributed by atoms with Crippen molar-refractivity contribution < 1.29 is 0 Å². The summed E-state index contributed by atoms with van der Waals surface area (Å²) in [6, 6.07) is 53.8. The summed E-state index contributed by atoms with van der Waals surface area (Å²) in [5.41, 5.74) is 13.7. The number of benzene rings is 6. The fourth-order valence-electron chi connectivity index (χ4n) is 10.5. The van der Waals surface area contributed by atoms with Gasteiger partial charge in [-0.2, -0.15) is 5.26 Å². The Balaban J connectivity index is 0.938. The highest BCUT2D eigenvalue weighted by molar-refractivity contribution is 5.82. The van der Waals surface area contributed by atoms with Gasteiger partial charge in [0, 0.05) is 22.6 Å². The van der Waals surface area contributed by atoms with Gasteiger partial charge < -0.3 is 0 Å². The van der Waals surface area contributed by atoms with Crippen molar-refractivity contribution in [1.82, 2.24) is 15.0 Å². The van der Waals surface area contributed by atoms with Crippen LogP contribution in [-0.4, -0.2) is 15.0 Å². The van der Waals surface area contributed by atoms with Crippen molar-refractivity contribution in [2.75, 3.05) is 0 Å². The van der Waals surface area contributed by atoms with Crippen molar-refractivity contribution >= 4 is 0 Å². The lowest BCUT2D eigenvalue weighted by molar-refractivity contribution is 0.0899. The number of aromatic nitrogens is 3. The molecule has 56 heavy (non-hydrogen) atoms. The molecule has 2 bridgehead atoms. The summed E-state index contributed by atoms with van der Waals surface area (Å²) in [6.07, 6.45) is 6.75. The Bertz CT molecular complexity index is 2580. The Hall–Kier alpha value is -6.18. The maximum atomic E-state index is 9.56. The molecule has 3 unspecified atom stereocenters. The molecule has 3 aliphatic rings. The number of fused-ring (bicyclic) bond motifs is 5. The van der Waals surface area contributed by atoms with Crippen molar-refractivity contribution in [1.29, 1.82) is 5.26 Å². The zero-order chi connectivity index (χ0) is 37.8. The average Bonchev–Trinajstić information content (AvgIpc) is 3.57. The molecule has 6 aromatic carbocycles. The minimum absolute atomic E-state index is 0.136. The van der Waals surface area contributed by atoms with Gasteiger partial charge in [-0.3, -0.25) is 0 Å². The lowest BCUT2D eigenvalue weighted by Gasteiger charge is -2.47. The highest BCUT2D eigenvalue weighted by atomic mass is 15.0. The van der Waals surface area contributed by atoms with Gasteiger partial charge >= 0.3 is 0 Å². The van der Waals surface area contributed by atoms with Crippen LogP contribution in [-0.2, 0) is 5.41 Å². The van der Waals surface area contributed by atoms with Crippen LogP contribution >= 0.6 is 0 Å². The number of hydrogen-bond acceptors (Lipinski definition) is 4. The predicted octanol–water partition coefficient (Wildman–Crippen LogP) is 12.7. The van der Waals surface area contributed by atoms with Crippen molar-refractivity contribution in [2.24, 2.45) is 17.8 Å². The molecule has 7 aromatic rings. The lowest BCUT2D eigenvalue weighted by Crippen LogP contribution is -2.38. The van der Waals surface area contributed by atoms with Gasteiger partial charge in [0.2, 0.25) is 0 Å². The first-order valence-corrected chi connectivity index (χ1v) is 20.2. The molecule has 2 saturated carbocycles. The quantitative estimate of drug-likeness (QED) is 0.171. The van der Waals surface area contributed by atoms with E-state index in [-0.39, 0.29) is 11.3 Å². The number of hydrogen-bond donors (Lipinski definition) is 0. The van der Waals surface area contributed by atoms with Crippen LogP contribution in [0.1, 0.15) is 79.7 Å². The first-order valence-electron chi connectivity index (χ1n) is 20.2. The molecular weight excluding hydrogens is 681 g/mol. The SMILES string of the molecule is CC1C[C@@H]2C[C@H](C1)CC(C)(c1ccc(-c3nc(-c4ccccc4)nc(-c4ccc(-c5ccc(C6c7ccccc7-c7cc(C#N)ccc76)cc5)cc4)n3)cc1)C2. The summed E-state index contributed by atoms with van der Waals surface area (Å²) in [5.74, 6) is 4.73. The zero-order valence-electron chi connectivity index (χ0n) is 32.0. The number of nitriles is 1. The van der Waals surface area contributed by atoms with E-state index in [0.29, 0.717) is 23.0 Å². The van der Waals surface area contributed by atoms with E-state index in [2.05, 4.69) is 135 Å². The third-order valence-electron chi connectivity index (χ3n) is 12.9. The summed E-state index contributed by atoms with van der Waals surface area (Å²) in [5, 5.41) is 9.56. The summed E-state index contributed by atoms with van der Waals surface area (Å²) in [4.78, 5) is 15.1. The molecule has 272 valence electrons. The van der Waals surface area contributed by atoms with Gasteiger partial charge in [-0.15, -0.1) is 0 Å². The molecule has 0 N–H and O–H groups in total. The Morgan fingerprint density at radius 1 is 0.536 bits per heavy atom. The molecular formula is C52H44N4. The zero-order valence-corrected chi connectivity index (χ0v) is 32.0. The van der Waals surface area contributed by atoms with Crippen molar-refractivity contribution in [3.63, 3.8) is 0 Å². The Morgan fingerprint density at radius 3 is 1.68 bits per heavy atom. The Labute approximate surface area is 330 Å². The Morgan fingerprint density at radius 2 is 1.05 bits per heavy atom. The van der Waals surface area contributed by atoms with Crippen LogP contribution in [0.5, 0.6) is 0 Å². The lowest BCUT2D eigenvalue weighted by atomic mass is 9.57. The summed E-state index contributed by atoms with van der Waals surface area (Å²) in [7, 11) is 0. The molecule has 0 spiro atoms. The van der Waals surface area contributed by atoms with Gasteiger partial charge in [-0.1, -0.05) is 147 Å². The highest BCUT2D eigenvalue weighted by Gasteiger charge is 2.41. The van der Waals surface area contributed by atoms with E-state index >= 15 is 0 Å². The normalized spacial score (nSPS) is 22.2. The minimum Gasteiger partial charge on any atom is -0.208 e. The molecule has 1 heterocycles. The summed E-state index contributed by atoms with van der Waals surface area (Å²) < 4.78 is 0. The van der Waals surface area contributed by atoms with Crippen LogP contribution < -0.4 is 0 Å². The van der Waals surface area contributed by atoms with Gasteiger partial charge in [0.05, 0.1) is 11.6 Å². The van der Waals surface area contributed by atoms with Crippen molar-refractivity contribution in [2.45, 2.75) is 57.3 Å². The third-order valence-corrected chi connectivity index (χ3v) is 12.9. The average molecular weight is 725 g/mol. The van der Waals surface area contributed by atoms with Gasteiger partial charge in [0.1, 0.15) is 0 Å². The fraction of sp³-hybridized carbons (Fsp3) is 0.231. The van der Waals surface area contributed by atoms with Crippen LogP contribution in [0.4, 0.5) is 0 Å². The van der Waals surface area contributed by atoms with E-state index in [1.54, 1.807) is 0 Å². The van der Waals surface area contributed by atoms with E-state index in [1.165, 1.54) is 59.9 Å². The van der Waals surface area contributed by atoms with Gasteiger partial charge in [0.25, 0.3) is 0 Å². The van der Waals surface area contributed by atoms with Gasteiger partial charge in [0.15, 0.2) is 17.5 Å². The summed E-state index contributed by atoms with van der Waals surface area (Å²) >= 11 is 0. The monoisotopic (exact) mass is 724 g/mol. The van der Waals surface area contributed by atoms with Crippen LogP contribution in [0.15, 0.2) is 146 Å². The maximum Gasteiger partial charge on any atom is 0.164 e. The molecule has 2 fully saturated rings. The molecule has 10 rings (SSSR count). The second-order valence-electron chi connectivity index (χ2n) is 16.9. The van der Waals surface area contributed by atoms with E-state index in [9.17, 15) is 5.26 Å². The predicted molar refractivity (Wildman–Crippen MR) is 226 cm³/mol. The second-order valence-corrected chi connectivity index (χ2v) is 16.9. The van der Waals surface area contributed by atoms with Crippen LogP contribution in [0.25, 0.3) is 56.4 Å². The molecule has 4 heteroatoms. The van der Waals surface area contributed by atoms with Crippen LogP contribution in [0.2, 0.25) is 0 Å². The smallest absolute Gasteiger partial charge is 0.164 e. The topological polar surface area (TPSA) is 62.5 Å². The molecule has 0 amide bonds. The van der Waals surface area contributed by atoms with E-state index in [4.69, 9.17) is 15.0 Å². The third kappa shape index (κ3) is 6.22. The first-order chi connectivity index (χ1) is 27.4. The molecule has 0 radical (unpaired) electrons. The minimum atomic E-state index is 0.136. The summed E-state index contributed by atoms with van der Waals surface area (Å²) in [6.45, 7) is 4.94. The molecule has 3 aliphatic carbocycles. The van der Waals surface area contributed by atoms with Crippen LogP contribution in [0, 0.1) is 29.1 Å². The highest BCUT2D eigenvalue weighted by Crippen LogP contribution is 2.52. The number of rotatable bonds is 6. The van der Waals surface area contributed by atoms with Gasteiger partial charge in [-0.05, 0) is 112 Å². The Kier molecular flexibility index (Phi) is 8.48. The van der Waals surface area contributed by atoms with Crippen LogP contribution in [0.3, 0.4) is 0 Å². The molecule has 4 nitrogen and oxygen atoms in total. The second kappa shape index (κ2) is 13.8. The molecule has 0 saturated heterocycles. The molecule has 0 aliphatic heterocycles.